The molecule has 0 aliphatic carbocycles. The van der Waals surface area contributed by atoms with Crippen molar-refractivity contribution in [2.75, 3.05) is 6.61 Å². The number of carbonyl (C=O) groups excluding carboxylic acids is 1. The average Bonchev–Trinajstić information content (AvgIpc) is 2.17. The van der Waals surface area contributed by atoms with Crippen molar-refractivity contribution in [3.05, 3.63) is 29.8 Å². The van der Waals surface area contributed by atoms with Crippen LogP contribution in [0.25, 0.3) is 0 Å². The first-order valence-corrected chi connectivity index (χ1v) is 5.67. The molecule has 0 bridgehead atoms. The summed E-state index contributed by atoms with van der Waals surface area (Å²) < 4.78 is 24.8. The molecule has 0 heterocycles. The normalized spacial score (nSPS) is 11.1. The van der Waals surface area contributed by atoms with Crippen molar-refractivity contribution in [2.45, 2.75) is 11.8 Å². The SMILES string of the molecule is Cc1cccc(S(=O)(=O)NC(=O)CO)c1. The van der Waals surface area contributed by atoms with Crippen molar-refractivity contribution in [3.8, 4) is 0 Å². The Balaban J connectivity index is 3.01. The zero-order valence-corrected chi connectivity index (χ0v) is 8.91. The molecule has 82 valence electrons. The van der Waals surface area contributed by atoms with Gasteiger partial charge in [-0.15, -0.1) is 0 Å². The van der Waals surface area contributed by atoms with E-state index in [1.165, 1.54) is 12.1 Å². The molecule has 5 nitrogen and oxygen atoms in total. The van der Waals surface area contributed by atoms with Crippen LogP contribution in [0, 0.1) is 6.92 Å². The number of carbonyl (C=O) groups is 1. The molecular formula is C9H11NO4S. The minimum Gasteiger partial charge on any atom is -0.387 e. The highest BCUT2D eigenvalue weighted by molar-refractivity contribution is 7.90. The van der Waals surface area contributed by atoms with Crippen LogP contribution in [-0.4, -0.2) is 26.0 Å². The smallest absolute Gasteiger partial charge is 0.264 e. The van der Waals surface area contributed by atoms with E-state index in [0.717, 1.165) is 5.56 Å². The molecule has 0 radical (unpaired) electrons. The van der Waals surface area contributed by atoms with E-state index < -0.39 is 22.5 Å². The van der Waals surface area contributed by atoms with Gasteiger partial charge in [0.2, 0.25) is 0 Å². The average molecular weight is 229 g/mol. The van der Waals surface area contributed by atoms with Gasteiger partial charge in [-0.05, 0) is 24.6 Å². The summed E-state index contributed by atoms with van der Waals surface area (Å²) in [5.41, 5.74) is 0.773. The van der Waals surface area contributed by atoms with Gasteiger partial charge in [-0.25, -0.2) is 13.1 Å². The summed E-state index contributed by atoms with van der Waals surface area (Å²) in [6.07, 6.45) is 0. The summed E-state index contributed by atoms with van der Waals surface area (Å²) in [4.78, 5) is 10.7. The van der Waals surface area contributed by atoms with E-state index in [2.05, 4.69) is 0 Å². The lowest BCUT2D eigenvalue weighted by Gasteiger charge is -2.05. The predicted octanol–water partition coefficient (Wildman–Crippen LogP) is -0.208. The highest BCUT2D eigenvalue weighted by Crippen LogP contribution is 2.10. The molecule has 0 unspecified atom stereocenters. The molecular weight excluding hydrogens is 218 g/mol. The molecule has 0 aromatic heterocycles. The Bertz CT molecular complexity index is 467. The highest BCUT2D eigenvalue weighted by Gasteiger charge is 2.16. The van der Waals surface area contributed by atoms with Gasteiger partial charge in [0.05, 0.1) is 4.90 Å². The van der Waals surface area contributed by atoms with Crippen LogP contribution < -0.4 is 4.72 Å². The van der Waals surface area contributed by atoms with Gasteiger partial charge in [-0.2, -0.15) is 0 Å². The molecule has 0 saturated heterocycles. The highest BCUT2D eigenvalue weighted by atomic mass is 32.2. The molecule has 1 amide bonds. The molecule has 2 N–H and O–H groups in total. The lowest BCUT2D eigenvalue weighted by Crippen LogP contribution is -2.32. The Morgan fingerprint density at radius 1 is 1.47 bits per heavy atom. The first-order valence-electron chi connectivity index (χ1n) is 4.19. The second-order valence-corrected chi connectivity index (χ2v) is 4.69. The van der Waals surface area contributed by atoms with Gasteiger partial charge < -0.3 is 5.11 Å². The second-order valence-electron chi connectivity index (χ2n) is 3.00. The van der Waals surface area contributed by atoms with Crippen LogP contribution in [0.15, 0.2) is 29.2 Å². The summed E-state index contributed by atoms with van der Waals surface area (Å²) in [5.74, 6) is -0.948. The Hall–Kier alpha value is -1.40. The van der Waals surface area contributed by atoms with E-state index >= 15 is 0 Å². The number of hydrogen-bond donors (Lipinski definition) is 2. The minimum atomic E-state index is -3.85. The molecule has 0 fully saturated rings. The summed E-state index contributed by atoms with van der Waals surface area (Å²) in [6.45, 7) is 0.887. The minimum absolute atomic E-state index is 0.00398. The van der Waals surface area contributed by atoms with Crippen LogP contribution in [-0.2, 0) is 14.8 Å². The number of hydrogen-bond acceptors (Lipinski definition) is 4. The maximum Gasteiger partial charge on any atom is 0.264 e. The van der Waals surface area contributed by atoms with Gasteiger partial charge in [-0.1, -0.05) is 12.1 Å². The monoisotopic (exact) mass is 229 g/mol. The van der Waals surface area contributed by atoms with Crippen LogP contribution >= 0.6 is 0 Å². The van der Waals surface area contributed by atoms with E-state index in [9.17, 15) is 13.2 Å². The number of nitrogens with one attached hydrogen (secondary N) is 1. The molecule has 0 spiro atoms. The fourth-order valence-corrected chi connectivity index (χ4v) is 2.10. The summed E-state index contributed by atoms with van der Waals surface area (Å²) in [7, 11) is -3.85. The Kier molecular flexibility index (Phi) is 3.43. The number of rotatable bonds is 3. The number of aliphatic hydroxyl groups excluding tert-OH is 1. The van der Waals surface area contributed by atoms with E-state index in [-0.39, 0.29) is 4.90 Å². The fourth-order valence-electron chi connectivity index (χ4n) is 1.02. The zero-order chi connectivity index (χ0) is 11.5. The van der Waals surface area contributed by atoms with E-state index in [1.807, 2.05) is 0 Å². The van der Waals surface area contributed by atoms with Crippen LogP contribution in [0.2, 0.25) is 0 Å². The lowest BCUT2D eigenvalue weighted by atomic mass is 10.2. The Morgan fingerprint density at radius 3 is 2.67 bits per heavy atom. The quantitative estimate of drug-likeness (QED) is 0.751. The largest absolute Gasteiger partial charge is 0.387 e. The molecule has 0 saturated carbocycles. The van der Waals surface area contributed by atoms with E-state index in [4.69, 9.17) is 5.11 Å². The summed E-state index contributed by atoms with van der Waals surface area (Å²) >= 11 is 0. The number of aryl methyl sites for hydroxylation is 1. The number of sulfonamides is 1. The van der Waals surface area contributed by atoms with Gasteiger partial charge in [0, 0.05) is 0 Å². The summed E-state index contributed by atoms with van der Waals surface area (Å²) in [6, 6.07) is 6.13. The van der Waals surface area contributed by atoms with Crippen molar-refractivity contribution in [1.29, 1.82) is 0 Å². The van der Waals surface area contributed by atoms with Gasteiger partial charge in [0.25, 0.3) is 15.9 Å². The molecule has 1 rings (SSSR count). The van der Waals surface area contributed by atoms with Crippen LogP contribution in [0.1, 0.15) is 5.56 Å². The first-order chi connectivity index (χ1) is 6.95. The van der Waals surface area contributed by atoms with Crippen molar-refractivity contribution in [1.82, 2.24) is 4.72 Å². The standard InChI is InChI=1S/C9H11NO4S/c1-7-3-2-4-8(5-7)15(13,14)10-9(12)6-11/h2-5,11H,6H2,1H3,(H,10,12). The first kappa shape index (κ1) is 11.7. The van der Waals surface area contributed by atoms with E-state index in [1.54, 1.807) is 23.8 Å². The molecule has 6 heteroatoms. The summed E-state index contributed by atoms with van der Waals surface area (Å²) in [5, 5.41) is 8.42. The third-order valence-electron chi connectivity index (χ3n) is 1.69. The molecule has 0 aliphatic rings. The number of benzene rings is 1. The maximum atomic E-state index is 11.5. The fraction of sp³-hybridized carbons (Fsp3) is 0.222. The lowest BCUT2D eigenvalue weighted by molar-refractivity contribution is -0.122. The van der Waals surface area contributed by atoms with Gasteiger partial charge in [0.15, 0.2) is 0 Å². The number of aliphatic hydroxyl groups is 1. The molecule has 15 heavy (non-hydrogen) atoms. The third-order valence-corrected chi connectivity index (χ3v) is 3.06. The molecule has 1 aromatic rings. The van der Waals surface area contributed by atoms with E-state index in [0.29, 0.717) is 0 Å². The van der Waals surface area contributed by atoms with Crippen LogP contribution in [0.4, 0.5) is 0 Å². The predicted molar refractivity (Wildman–Crippen MR) is 53.6 cm³/mol. The second kappa shape index (κ2) is 4.41. The third kappa shape index (κ3) is 3.03. The van der Waals surface area contributed by atoms with Crippen LogP contribution in [0.3, 0.4) is 0 Å². The topological polar surface area (TPSA) is 83.5 Å². The molecule has 1 aromatic carbocycles. The molecule has 0 aliphatic heterocycles. The van der Waals surface area contributed by atoms with Crippen molar-refractivity contribution in [3.63, 3.8) is 0 Å². The zero-order valence-electron chi connectivity index (χ0n) is 8.10. The number of amides is 1. The van der Waals surface area contributed by atoms with Gasteiger partial charge in [0.1, 0.15) is 6.61 Å². The maximum absolute atomic E-state index is 11.5. The molecule has 0 atom stereocenters. The van der Waals surface area contributed by atoms with Crippen molar-refractivity contribution >= 4 is 15.9 Å². The van der Waals surface area contributed by atoms with Gasteiger partial charge >= 0.3 is 0 Å². The van der Waals surface area contributed by atoms with Crippen LogP contribution in [0.5, 0.6) is 0 Å². The van der Waals surface area contributed by atoms with Crippen molar-refractivity contribution < 1.29 is 18.3 Å². The van der Waals surface area contributed by atoms with Gasteiger partial charge in [-0.3, -0.25) is 4.79 Å². The Morgan fingerprint density at radius 2 is 2.13 bits per heavy atom. The van der Waals surface area contributed by atoms with Crippen molar-refractivity contribution in [2.24, 2.45) is 0 Å². The Labute approximate surface area is 87.8 Å².